The monoisotopic (exact) mass is 278 g/mol. The van der Waals surface area contributed by atoms with Crippen molar-refractivity contribution >= 4 is 30.3 Å². The van der Waals surface area contributed by atoms with Crippen molar-refractivity contribution < 1.29 is 4.79 Å². The van der Waals surface area contributed by atoms with E-state index in [2.05, 4.69) is 25.5 Å². The molecule has 3 heterocycles. The number of nitrogens with two attached hydrogens (primary N) is 1. The molecule has 0 saturated carbocycles. The highest BCUT2D eigenvalue weighted by Crippen LogP contribution is 2.28. The average Bonchev–Trinajstić information content (AvgIpc) is 2.86. The first kappa shape index (κ1) is 12.1. The first-order valence-corrected chi connectivity index (χ1v) is 6.92. The SMILES string of the molecule is NC(=O)CC1=CN(C2=C3N=CNC3N=CN2)CCS1. The molecule has 0 aliphatic carbocycles. The van der Waals surface area contributed by atoms with Gasteiger partial charge in [-0.1, -0.05) is 0 Å². The predicted octanol–water partition coefficient (Wildman–Crippen LogP) is -0.490. The zero-order chi connectivity index (χ0) is 13.2. The molecule has 0 fully saturated rings. The van der Waals surface area contributed by atoms with E-state index in [1.807, 2.05) is 6.20 Å². The first-order chi connectivity index (χ1) is 9.24. The fraction of sp³-hybridized carbons (Fsp3) is 0.364. The van der Waals surface area contributed by atoms with Crippen LogP contribution in [0, 0.1) is 0 Å². The van der Waals surface area contributed by atoms with Gasteiger partial charge in [-0.25, -0.2) is 9.98 Å². The van der Waals surface area contributed by atoms with Crippen molar-refractivity contribution in [2.24, 2.45) is 15.7 Å². The maximum absolute atomic E-state index is 11.0. The van der Waals surface area contributed by atoms with Crippen LogP contribution in [0.25, 0.3) is 0 Å². The van der Waals surface area contributed by atoms with Gasteiger partial charge in [0.25, 0.3) is 0 Å². The fourth-order valence-electron chi connectivity index (χ4n) is 2.10. The second-order valence-corrected chi connectivity index (χ2v) is 5.49. The molecule has 1 unspecified atom stereocenters. The van der Waals surface area contributed by atoms with Gasteiger partial charge in [-0.2, -0.15) is 0 Å². The summed E-state index contributed by atoms with van der Waals surface area (Å²) in [6, 6.07) is 0. The molecule has 3 aliphatic heterocycles. The highest BCUT2D eigenvalue weighted by atomic mass is 32.2. The number of hydrogen-bond donors (Lipinski definition) is 3. The third-order valence-corrected chi connectivity index (χ3v) is 3.92. The lowest BCUT2D eigenvalue weighted by Crippen LogP contribution is -2.38. The molecule has 8 heteroatoms. The fourth-order valence-corrected chi connectivity index (χ4v) is 3.10. The topological polar surface area (TPSA) is 95.1 Å². The summed E-state index contributed by atoms with van der Waals surface area (Å²) in [5.74, 6) is 1.51. The summed E-state index contributed by atoms with van der Waals surface area (Å²) in [6.07, 6.45) is 5.44. The highest BCUT2D eigenvalue weighted by molar-refractivity contribution is 8.03. The lowest BCUT2D eigenvalue weighted by atomic mass is 10.3. The molecule has 0 aromatic heterocycles. The van der Waals surface area contributed by atoms with Gasteiger partial charge in [0.05, 0.1) is 19.1 Å². The van der Waals surface area contributed by atoms with Gasteiger partial charge in [0.1, 0.15) is 11.5 Å². The van der Waals surface area contributed by atoms with E-state index in [0.717, 1.165) is 28.7 Å². The Hall–Kier alpha value is -1.96. The number of hydrogen-bond acceptors (Lipinski definition) is 7. The molecule has 4 N–H and O–H groups in total. The van der Waals surface area contributed by atoms with Crippen LogP contribution >= 0.6 is 11.8 Å². The molecule has 3 aliphatic rings. The van der Waals surface area contributed by atoms with Crippen LogP contribution in [0.2, 0.25) is 0 Å². The Morgan fingerprint density at radius 2 is 2.47 bits per heavy atom. The number of nitrogens with zero attached hydrogens (tertiary/aromatic N) is 3. The van der Waals surface area contributed by atoms with Crippen molar-refractivity contribution in [1.82, 2.24) is 15.5 Å². The van der Waals surface area contributed by atoms with Crippen molar-refractivity contribution in [3.63, 3.8) is 0 Å². The van der Waals surface area contributed by atoms with Gasteiger partial charge in [0, 0.05) is 23.4 Å². The molecular weight excluding hydrogens is 264 g/mol. The lowest BCUT2D eigenvalue weighted by molar-refractivity contribution is -0.117. The van der Waals surface area contributed by atoms with Gasteiger partial charge >= 0.3 is 0 Å². The van der Waals surface area contributed by atoms with Gasteiger partial charge < -0.3 is 21.3 Å². The number of primary amides is 1. The number of carbonyl (C=O) groups excluding carboxylic acids is 1. The van der Waals surface area contributed by atoms with Crippen molar-refractivity contribution in [3.8, 4) is 0 Å². The summed E-state index contributed by atoms with van der Waals surface area (Å²) in [7, 11) is 0. The van der Waals surface area contributed by atoms with Crippen LogP contribution in [0.5, 0.6) is 0 Å². The number of aliphatic imine (C=N–C) groups is 2. The van der Waals surface area contributed by atoms with Gasteiger partial charge in [-0.3, -0.25) is 4.79 Å². The molecule has 1 atom stereocenters. The van der Waals surface area contributed by atoms with Gasteiger partial charge in [0.2, 0.25) is 5.91 Å². The van der Waals surface area contributed by atoms with E-state index in [1.165, 1.54) is 0 Å². The van der Waals surface area contributed by atoms with E-state index in [0.29, 0.717) is 0 Å². The minimum absolute atomic E-state index is 0.112. The van der Waals surface area contributed by atoms with E-state index < -0.39 is 0 Å². The molecule has 0 bridgehead atoms. The maximum Gasteiger partial charge on any atom is 0.222 e. The molecule has 100 valence electrons. The molecule has 1 amide bonds. The number of thioether (sulfide) groups is 1. The van der Waals surface area contributed by atoms with Crippen LogP contribution < -0.4 is 16.4 Å². The zero-order valence-electron chi connectivity index (χ0n) is 10.2. The van der Waals surface area contributed by atoms with Crippen LogP contribution in [0.15, 0.2) is 32.6 Å². The van der Waals surface area contributed by atoms with Gasteiger partial charge in [-0.15, -0.1) is 11.8 Å². The van der Waals surface area contributed by atoms with Crippen LogP contribution in [-0.4, -0.2) is 41.9 Å². The summed E-state index contributed by atoms with van der Waals surface area (Å²) < 4.78 is 0. The number of carbonyl (C=O) groups is 1. The third-order valence-electron chi connectivity index (χ3n) is 2.92. The standard InChI is InChI=1S/C11H14N6OS/c12-8(18)3-7-4-17(1-2-19-7)11-9-10(14-5-13-9)15-6-16-11/h4-6,10H,1-3H2,(H2,12,18)(H,13,14)(H,15,16). The summed E-state index contributed by atoms with van der Waals surface area (Å²) >= 11 is 1.67. The second kappa shape index (κ2) is 4.96. The second-order valence-electron chi connectivity index (χ2n) is 4.26. The molecule has 19 heavy (non-hydrogen) atoms. The van der Waals surface area contributed by atoms with Crippen LogP contribution in [0.1, 0.15) is 6.42 Å². The van der Waals surface area contributed by atoms with Crippen molar-refractivity contribution in [3.05, 3.63) is 22.6 Å². The smallest absolute Gasteiger partial charge is 0.222 e. The largest absolute Gasteiger partial charge is 0.369 e. The molecule has 0 aromatic rings. The molecular formula is C11H14N6OS. The lowest BCUT2D eigenvalue weighted by Gasteiger charge is -2.30. The Morgan fingerprint density at radius 1 is 1.58 bits per heavy atom. The van der Waals surface area contributed by atoms with Gasteiger partial charge in [0.15, 0.2) is 6.17 Å². The normalized spacial score (nSPS) is 24.7. The van der Waals surface area contributed by atoms with E-state index >= 15 is 0 Å². The van der Waals surface area contributed by atoms with Crippen molar-refractivity contribution in [1.29, 1.82) is 0 Å². The third kappa shape index (κ3) is 2.43. The Bertz CT molecular complexity index is 523. The number of rotatable bonds is 3. The minimum Gasteiger partial charge on any atom is -0.369 e. The minimum atomic E-state index is -0.310. The summed E-state index contributed by atoms with van der Waals surface area (Å²) in [4.78, 5) is 22.6. The molecule has 0 radical (unpaired) electrons. The number of fused-ring (bicyclic) bond motifs is 1. The Morgan fingerprint density at radius 3 is 3.32 bits per heavy atom. The molecule has 7 nitrogen and oxygen atoms in total. The molecule has 0 aromatic carbocycles. The number of nitrogens with one attached hydrogen (secondary N) is 2. The first-order valence-electron chi connectivity index (χ1n) is 5.93. The number of amides is 1. The van der Waals surface area contributed by atoms with Crippen LogP contribution in [-0.2, 0) is 4.79 Å². The van der Waals surface area contributed by atoms with E-state index in [4.69, 9.17) is 5.73 Å². The van der Waals surface area contributed by atoms with Crippen LogP contribution in [0.4, 0.5) is 0 Å². The Balaban J connectivity index is 1.85. The zero-order valence-corrected chi connectivity index (χ0v) is 11.0. The molecule has 0 spiro atoms. The van der Waals surface area contributed by atoms with Crippen LogP contribution in [0.3, 0.4) is 0 Å². The molecule has 0 saturated heterocycles. The average molecular weight is 278 g/mol. The van der Waals surface area contributed by atoms with Crippen molar-refractivity contribution in [2.45, 2.75) is 12.6 Å². The highest BCUT2D eigenvalue weighted by Gasteiger charge is 2.27. The maximum atomic E-state index is 11.0. The molecule has 3 rings (SSSR count). The predicted molar refractivity (Wildman–Crippen MR) is 75.1 cm³/mol. The summed E-state index contributed by atoms with van der Waals surface area (Å²) in [5, 5.41) is 6.18. The quantitative estimate of drug-likeness (QED) is 0.647. The van der Waals surface area contributed by atoms with Gasteiger partial charge in [-0.05, 0) is 0 Å². The van der Waals surface area contributed by atoms with Crippen molar-refractivity contribution in [2.75, 3.05) is 12.3 Å². The summed E-state index contributed by atoms with van der Waals surface area (Å²) in [5.41, 5.74) is 6.10. The Kier molecular flexibility index (Phi) is 3.16. The van der Waals surface area contributed by atoms with E-state index in [1.54, 1.807) is 24.4 Å². The van der Waals surface area contributed by atoms with E-state index in [-0.39, 0.29) is 18.5 Å². The summed E-state index contributed by atoms with van der Waals surface area (Å²) in [6.45, 7) is 0.856. The van der Waals surface area contributed by atoms with E-state index in [9.17, 15) is 4.79 Å². The Labute approximate surface area is 114 Å².